The molecule has 0 aromatic heterocycles. The third-order valence-corrected chi connectivity index (χ3v) is 4.80. The van der Waals surface area contributed by atoms with Gasteiger partial charge in [0.15, 0.2) is 0 Å². The second-order valence-electron chi connectivity index (χ2n) is 4.56. The number of benzene rings is 1. The Kier molecular flexibility index (Phi) is 6.45. The molecular formula is C14H24N2O3S. The predicted molar refractivity (Wildman–Crippen MR) is 80.5 cm³/mol. The van der Waals surface area contributed by atoms with E-state index < -0.39 is 10.0 Å². The van der Waals surface area contributed by atoms with Crippen LogP contribution in [0.25, 0.3) is 0 Å². The maximum absolute atomic E-state index is 12.4. The smallest absolute Gasteiger partial charge is 0.242 e. The molecule has 0 aliphatic heterocycles. The molecule has 0 saturated carbocycles. The molecule has 114 valence electrons. The zero-order chi connectivity index (χ0) is 15.2. The van der Waals surface area contributed by atoms with Crippen molar-refractivity contribution in [3.8, 4) is 5.75 Å². The molecular weight excluding hydrogens is 276 g/mol. The summed E-state index contributed by atoms with van der Waals surface area (Å²) in [7, 11) is 0.0000997. The average molecular weight is 300 g/mol. The SMILES string of the molecule is CCCN(C)S(=O)(=O)c1ccc(OCC)c(CNC)c1. The maximum Gasteiger partial charge on any atom is 0.242 e. The Hall–Kier alpha value is -1.11. The predicted octanol–water partition coefficient (Wildman–Crippen LogP) is 1.84. The Bertz CT molecular complexity index is 529. The highest BCUT2D eigenvalue weighted by Crippen LogP contribution is 2.24. The fourth-order valence-corrected chi connectivity index (χ4v) is 3.27. The number of hydrogen-bond acceptors (Lipinski definition) is 4. The monoisotopic (exact) mass is 300 g/mol. The highest BCUT2D eigenvalue weighted by Gasteiger charge is 2.21. The van der Waals surface area contributed by atoms with Crippen LogP contribution in [0.4, 0.5) is 0 Å². The fraction of sp³-hybridized carbons (Fsp3) is 0.571. The van der Waals surface area contributed by atoms with Crippen LogP contribution in [0.5, 0.6) is 5.75 Å². The van der Waals surface area contributed by atoms with Crippen molar-refractivity contribution in [2.75, 3.05) is 27.2 Å². The third kappa shape index (κ3) is 3.94. The van der Waals surface area contributed by atoms with Crippen LogP contribution in [0.15, 0.2) is 23.1 Å². The van der Waals surface area contributed by atoms with Gasteiger partial charge in [0.1, 0.15) is 5.75 Å². The van der Waals surface area contributed by atoms with Gasteiger partial charge in [-0.1, -0.05) is 6.92 Å². The van der Waals surface area contributed by atoms with Crippen molar-refractivity contribution in [3.63, 3.8) is 0 Å². The molecule has 1 N–H and O–H groups in total. The fourth-order valence-electron chi connectivity index (χ4n) is 1.96. The maximum atomic E-state index is 12.4. The first-order chi connectivity index (χ1) is 9.47. The zero-order valence-corrected chi connectivity index (χ0v) is 13.5. The third-order valence-electron chi connectivity index (χ3n) is 2.95. The summed E-state index contributed by atoms with van der Waals surface area (Å²) in [6.07, 6.45) is 0.788. The van der Waals surface area contributed by atoms with E-state index in [-0.39, 0.29) is 0 Å². The molecule has 5 nitrogen and oxygen atoms in total. The summed E-state index contributed by atoms with van der Waals surface area (Å²) in [5.41, 5.74) is 0.848. The lowest BCUT2D eigenvalue weighted by molar-refractivity contribution is 0.335. The number of ether oxygens (including phenoxy) is 1. The van der Waals surface area contributed by atoms with Crippen molar-refractivity contribution in [2.45, 2.75) is 31.7 Å². The second kappa shape index (κ2) is 7.61. The lowest BCUT2D eigenvalue weighted by atomic mass is 10.2. The van der Waals surface area contributed by atoms with Gasteiger partial charge in [-0.2, -0.15) is 0 Å². The molecule has 0 aliphatic rings. The van der Waals surface area contributed by atoms with E-state index in [1.54, 1.807) is 25.2 Å². The van der Waals surface area contributed by atoms with Gasteiger partial charge in [0.05, 0.1) is 11.5 Å². The number of nitrogens with one attached hydrogen (secondary N) is 1. The molecule has 0 spiro atoms. The van der Waals surface area contributed by atoms with Gasteiger partial charge in [-0.3, -0.25) is 0 Å². The van der Waals surface area contributed by atoms with Crippen LogP contribution in [0.3, 0.4) is 0 Å². The highest BCUT2D eigenvalue weighted by molar-refractivity contribution is 7.89. The van der Waals surface area contributed by atoms with Crippen LogP contribution >= 0.6 is 0 Å². The van der Waals surface area contributed by atoms with Gasteiger partial charge in [0.2, 0.25) is 10.0 Å². The van der Waals surface area contributed by atoms with E-state index in [4.69, 9.17) is 4.74 Å². The number of nitrogens with zero attached hydrogens (tertiary/aromatic N) is 1. The molecule has 0 bridgehead atoms. The van der Waals surface area contributed by atoms with Gasteiger partial charge in [-0.05, 0) is 38.6 Å². The summed E-state index contributed by atoms with van der Waals surface area (Å²) in [6.45, 7) is 5.49. The molecule has 1 aromatic rings. The minimum absolute atomic E-state index is 0.308. The topological polar surface area (TPSA) is 58.6 Å². The summed E-state index contributed by atoms with van der Waals surface area (Å²) >= 11 is 0. The Balaban J connectivity index is 3.16. The lowest BCUT2D eigenvalue weighted by Crippen LogP contribution is -2.27. The first kappa shape index (κ1) is 16.9. The van der Waals surface area contributed by atoms with Crippen molar-refractivity contribution in [2.24, 2.45) is 0 Å². The van der Waals surface area contributed by atoms with Crippen LogP contribution in [-0.2, 0) is 16.6 Å². The second-order valence-corrected chi connectivity index (χ2v) is 6.60. The Labute approximate surface area is 122 Å². The van der Waals surface area contributed by atoms with Gasteiger partial charge < -0.3 is 10.1 Å². The minimum atomic E-state index is -3.42. The number of sulfonamides is 1. The van der Waals surface area contributed by atoms with Crippen molar-refractivity contribution >= 4 is 10.0 Å². The Morgan fingerprint density at radius 2 is 2.00 bits per heavy atom. The van der Waals surface area contributed by atoms with Gasteiger partial charge in [-0.15, -0.1) is 0 Å². The van der Waals surface area contributed by atoms with Crippen molar-refractivity contribution in [1.29, 1.82) is 0 Å². The van der Waals surface area contributed by atoms with Crippen LogP contribution < -0.4 is 10.1 Å². The summed E-state index contributed by atoms with van der Waals surface area (Å²) in [5.74, 6) is 0.721. The van der Waals surface area contributed by atoms with E-state index in [1.807, 2.05) is 20.9 Å². The van der Waals surface area contributed by atoms with Crippen molar-refractivity contribution in [1.82, 2.24) is 9.62 Å². The van der Waals surface area contributed by atoms with E-state index in [0.717, 1.165) is 17.7 Å². The van der Waals surface area contributed by atoms with Crippen molar-refractivity contribution < 1.29 is 13.2 Å². The van der Waals surface area contributed by atoms with Crippen LogP contribution in [0.2, 0.25) is 0 Å². The van der Waals surface area contributed by atoms with Crippen LogP contribution in [-0.4, -0.2) is 40.0 Å². The van der Waals surface area contributed by atoms with E-state index in [9.17, 15) is 8.42 Å². The molecule has 0 unspecified atom stereocenters. The molecule has 20 heavy (non-hydrogen) atoms. The largest absolute Gasteiger partial charge is 0.494 e. The van der Waals surface area contributed by atoms with Gasteiger partial charge in [0.25, 0.3) is 0 Å². The molecule has 0 heterocycles. The number of hydrogen-bond donors (Lipinski definition) is 1. The van der Waals surface area contributed by atoms with E-state index in [0.29, 0.717) is 24.6 Å². The Morgan fingerprint density at radius 3 is 2.55 bits per heavy atom. The summed E-state index contributed by atoms with van der Waals surface area (Å²) < 4.78 is 31.7. The standard InChI is InChI=1S/C14H24N2O3S/c1-5-9-16(4)20(17,18)13-7-8-14(19-6-2)12(10-13)11-15-3/h7-8,10,15H,5-6,9,11H2,1-4H3. The Morgan fingerprint density at radius 1 is 1.30 bits per heavy atom. The molecule has 0 saturated heterocycles. The molecule has 0 amide bonds. The van der Waals surface area contributed by atoms with E-state index >= 15 is 0 Å². The van der Waals surface area contributed by atoms with Crippen LogP contribution in [0.1, 0.15) is 25.8 Å². The first-order valence-corrected chi connectivity index (χ1v) is 8.28. The summed E-state index contributed by atoms with van der Waals surface area (Å²) in [4.78, 5) is 0.308. The van der Waals surface area contributed by atoms with Gasteiger partial charge >= 0.3 is 0 Å². The molecule has 1 aromatic carbocycles. The zero-order valence-electron chi connectivity index (χ0n) is 12.6. The lowest BCUT2D eigenvalue weighted by Gasteiger charge is -2.18. The first-order valence-electron chi connectivity index (χ1n) is 6.84. The van der Waals surface area contributed by atoms with Gasteiger partial charge in [0, 0.05) is 25.7 Å². The minimum Gasteiger partial charge on any atom is -0.494 e. The van der Waals surface area contributed by atoms with E-state index in [1.165, 1.54) is 4.31 Å². The molecule has 0 fully saturated rings. The summed E-state index contributed by atoms with van der Waals surface area (Å²) in [5, 5.41) is 3.03. The highest BCUT2D eigenvalue weighted by atomic mass is 32.2. The molecule has 1 rings (SSSR count). The van der Waals surface area contributed by atoms with Crippen molar-refractivity contribution in [3.05, 3.63) is 23.8 Å². The van der Waals surface area contributed by atoms with Gasteiger partial charge in [-0.25, -0.2) is 12.7 Å². The summed E-state index contributed by atoms with van der Waals surface area (Å²) in [6, 6.07) is 5.01. The molecule has 0 aliphatic carbocycles. The average Bonchev–Trinajstić information content (AvgIpc) is 2.41. The quantitative estimate of drug-likeness (QED) is 0.796. The van der Waals surface area contributed by atoms with Crippen LogP contribution in [0, 0.1) is 0 Å². The molecule has 6 heteroatoms. The number of rotatable bonds is 8. The normalized spacial score (nSPS) is 11.8. The molecule has 0 radical (unpaired) electrons. The van der Waals surface area contributed by atoms with E-state index in [2.05, 4.69) is 5.32 Å². The molecule has 0 atom stereocenters.